The highest BCUT2D eigenvalue weighted by Crippen LogP contribution is 2.26. The maximum atomic E-state index is 11.1. The molecule has 0 aliphatic heterocycles. The molecule has 1 aromatic carbocycles. The monoisotopic (exact) mass is 332 g/mol. The quantitative estimate of drug-likeness (QED) is 0.746. The molecule has 1 heterocycles. The van der Waals surface area contributed by atoms with Gasteiger partial charge in [-0.2, -0.15) is 13.7 Å². The summed E-state index contributed by atoms with van der Waals surface area (Å²) in [4.78, 5) is 4.21. The van der Waals surface area contributed by atoms with E-state index >= 15 is 0 Å². The van der Waals surface area contributed by atoms with Gasteiger partial charge in [-0.05, 0) is 37.1 Å². The van der Waals surface area contributed by atoms with Gasteiger partial charge in [0.1, 0.15) is 17.4 Å². The third-order valence-electron chi connectivity index (χ3n) is 2.95. The number of rotatable bonds is 7. The number of benzene rings is 1. The minimum atomic E-state index is -3.95. The Balaban J connectivity index is 2.00. The summed E-state index contributed by atoms with van der Waals surface area (Å²) < 4.78 is 29.9. The highest BCUT2D eigenvalue weighted by molar-refractivity contribution is 7.90. The molecule has 0 aliphatic carbocycles. The largest absolute Gasteiger partial charge is 0.492 e. The number of aryl methyl sites for hydroxylation is 1. The van der Waals surface area contributed by atoms with Crippen LogP contribution in [0.4, 0.5) is 5.69 Å². The van der Waals surface area contributed by atoms with E-state index in [0.717, 1.165) is 12.1 Å². The molecule has 8 heteroatoms. The number of hydrogen-bond donors (Lipinski definition) is 2. The zero-order chi connectivity index (χ0) is 16.7. The maximum absolute atomic E-state index is 11.1. The van der Waals surface area contributed by atoms with Crippen molar-refractivity contribution in [3.63, 3.8) is 0 Å². The molecule has 7 nitrogen and oxygen atoms in total. The van der Waals surface area contributed by atoms with Crippen molar-refractivity contribution in [3.05, 3.63) is 53.9 Å². The summed E-state index contributed by atoms with van der Waals surface area (Å²) in [5.74, 6) is 0.308. The van der Waals surface area contributed by atoms with Gasteiger partial charge in [0.2, 0.25) is 0 Å². The molecule has 2 rings (SSSR count). The highest BCUT2D eigenvalue weighted by atomic mass is 32.2. The van der Waals surface area contributed by atoms with Gasteiger partial charge in [-0.15, -0.1) is 0 Å². The molecule has 1 aromatic heterocycles. The lowest BCUT2D eigenvalue weighted by molar-refractivity contribution is 0.310. The van der Waals surface area contributed by atoms with E-state index in [0.29, 0.717) is 18.8 Å². The lowest BCUT2D eigenvalue weighted by Crippen LogP contribution is -2.22. The van der Waals surface area contributed by atoms with Crippen LogP contribution in [0.2, 0.25) is 0 Å². The average molecular weight is 332 g/mol. The van der Waals surface area contributed by atoms with Gasteiger partial charge in [0, 0.05) is 11.9 Å². The first-order valence-electron chi connectivity index (χ1n) is 6.86. The van der Waals surface area contributed by atoms with Crippen LogP contribution >= 0.6 is 0 Å². The summed E-state index contributed by atoms with van der Waals surface area (Å²) in [5, 5.41) is 14.1. The second-order valence-electron chi connectivity index (χ2n) is 4.71. The number of nitrogens with one attached hydrogen (secondary N) is 1. The van der Waals surface area contributed by atoms with Crippen LogP contribution in [0.1, 0.15) is 17.7 Å². The smallest absolute Gasteiger partial charge is 0.296 e. The Morgan fingerprint density at radius 3 is 2.74 bits per heavy atom. The highest BCUT2D eigenvalue weighted by Gasteiger charge is 2.12. The fraction of sp³-hybridized carbons (Fsp3) is 0.200. The van der Waals surface area contributed by atoms with Crippen LogP contribution in [0, 0.1) is 11.3 Å². The Bertz CT molecular complexity index is 801. The number of anilines is 1. The minimum absolute atomic E-state index is 0.0947. The molecule has 0 amide bonds. The predicted octanol–water partition coefficient (Wildman–Crippen LogP) is 1.58. The van der Waals surface area contributed by atoms with Gasteiger partial charge in [-0.1, -0.05) is 12.1 Å². The van der Waals surface area contributed by atoms with Crippen LogP contribution in [0.15, 0.2) is 42.6 Å². The molecule has 0 spiro atoms. The van der Waals surface area contributed by atoms with E-state index in [1.54, 1.807) is 18.3 Å². The molecular weight excluding hydrogens is 316 g/mol. The van der Waals surface area contributed by atoms with Gasteiger partial charge >= 0.3 is 0 Å². The third-order valence-corrected chi connectivity index (χ3v) is 3.46. The first-order valence-corrected chi connectivity index (χ1v) is 8.40. The molecule has 23 heavy (non-hydrogen) atoms. The number of nitrogens with two attached hydrogens (primary N) is 1. The zero-order valence-corrected chi connectivity index (χ0v) is 13.1. The molecule has 0 saturated carbocycles. The zero-order valence-electron chi connectivity index (χ0n) is 12.3. The van der Waals surface area contributed by atoms with Crippen molar-refractivity contribution < 1.29 is 13.2 Å². The Hall–Kier alpha value is -2.63. The summed E-state index contributed by atoms with van der Waals surface area (Å²) in [6.07, 6.45) is 3.19. The lowest BCUT2D eigenvalue weighted by atomic mass is 10.2. The van der Waals surface area contributed by atoms with Crippen molar-refractivity contribution >= 4 is 15.9 Å². The number of pyridine rings is 1. The van der Waals surface area contributed by atoms with Gasteiger partial charge in [0.05, 0.1) is 12.3 Å². The summed E-state index contributed by atoms with van der Waals surface area (Å²) in [6, 6.07) is 12.3. The van der Waals surface area contributed by atoms with E-state index in [9.17, 15) is 13.7 Å². The minimum Gasteiger partial charge on any atom is -0.492 e. The van der Waals surface area contributed by atoms with E-state index in [1.807, 2.05) is 24.3 Å². The van der Waals surface area contributed by atoms with Crippen LogP contribution < -0.4 is 14.6 Å². The van der Waals surface area contributed by atoms with Gasteiger partial charge in [0.15, 0.2) is 0 Å². The van der Waals surface area contributed by atoms with Crippen molar-refractivity contribution in [2.75, 3.05) is 11.3 Å². The average Bonchev–Trinajstić information content (AvgIpc) is 2.51. The summed E-state index contributed by atoms with van der Waals surface area (Å²) in [7, 11) is -3.95. The van der Waals surface area contributed by atoms with Crippen molar-refractivity contribution in [2.45, 2.75) is 12.8 Å². The van der Waals surface area contributed by atoms with Crippen LogP contribution in [-0.4, -0.2) is 20.0 Å². The number of nitrogens with zero attached hydrogens (tertiary/aromatic N) is 2. The predicted molar refractivity (Wildman–Crippen MR) is 85.9 cm³/mol. The number of hydrogen-bond acceptors (Lipinski definition) is 5. The Morgan fingerprint density at radius 1 is 1.26 bits per heavy atom. The standard InChI is InChI=1S/C15H16N4O3S/c16-11-13-14(19-23(17,20)21)7-3-8-15(13)22-10-4-6-12-5-1-2-9-18-12/h1-3,5,7-9,19H,4,6,10H2,(H2,17,20,21). The second-order valence-corrected chi connectivity index (χ2v) is 6.00. The summed E-state index contributed by atoms with van der Waals surface area (Å²) >= 11 is 0. The third kappa shape index (κ3) is 5.25. The molecule has 0 saturated heterocycles. The SMILES string of the molecule is N#Cc1c(NS(N)(=O)=O)cccc1OCCCc1ccccn1. The van der Waals surface area contributed by atoms with Gasteiger partial charge in [0.25, 0.3) is 10.2 Å². The molecular formula is C15H16N4O3S. The van der Waals surface area contributed by atoms with Gasteiger partial charge in [-0.25, -0.2) is 5.14 Å². The molecule has 0 unspecified atom stereocenters. The number of nitriles is 1. The molecule has 3 N–H and O–H groups in total. The van der Waals surface area contributed by atoms with Crippen molar-refractivity contribution in [2.24, 2.45) is 5.14 Å². The van der Waals surface area contributed by atoms with Crippen LogP contribution in [0.25, 0.3) is 0 Å². The molecule has 0 atom stereocenters. The second kappa shape index (κ2) is 7.58. The molecule has 0 fully saturated rings. The number of aromatic nitrogens is 1. The van der Waals surface area contributed by atoms with Gasteiger partial charge < -0.3 is 4.74 Å². The maximum Gasteiger partial charge on any atom is 0.296 e. The van der Waals surface area contributed by atoms with E-state index in [-0.39, 0.29) is 11.3 Å². The molecule has 0 aliphatic rings. The Morgan fingerprint density at radius 2 is 2.09 bits per heavy atom. The van der Waals surface area contributed by atoms with Gasteiger partial charge in [-0.3, -0.25) is 9.71 Å². The summed E-state index contributed by atoms with van der Waals surface area (Å²) in [5.41, 5.74) is 1.15. The van der Waals surface area contributed by atoms with Crippen LogP contribution in [0.3, 0.4) is 0 Å². The number of ether oxygens (including phenoxy) is 1. The van der Waals surface area contributed by atoms with Crippen molar-refractivity contribution in [1.29, 1.82) is 5.26 Å². The summed E-state index contributed by atoms with van der Waals surface area (Å²) in [6.45, 7) is 0.379. The molecule has 0 bridgehead atoms. The molecule has 120 valence electrons. The van der Waals surface area contributed by atoms with Crippen LogP contribution in [0.5, 0.6) is 5.75 Å². The first-order chi connectivity index (χ1) is 11.0. The van der Waals surface area contributed by atoms with E-state index in [4.69, 9.17) is 9.88 Å². The lowest BCUT2D eigenvalue weighted by Gasteiger charge is -2.11. The van der Waals surface area contributed by atoms with Crippen molar-refractivity contribution in [3.8, 4) is 11.8 Å². The molecule has 2 aromatic rings. The fourth-order valence-electron chi connectivity index (χ4n) is 1.99. The Labute approximate surface area is 134 Å². The fourth-order valence-corrected chi connectivity index (χ4v) is 2.46. The van der Waals surface area contributed by atoms with Crippen molar-refractivity contribution in [1.82, 2.24) is 4.98 Å². The normalized spacial score (nSPS) is 10.8. The Kier molecular flexibility index (Phi) is 5.51. The van der Waals surface area contributed by atoms with Crippen LogP contribution in [-0.2, 0) is 16.6 Å². The van der Waals surface area contributed by atoms with E-state index in [1.165, 1.54) is 6.07 Å². The van der Waals surface area contributed by atoms with E-state index in [2.05, 4.69) is 9.71 Å². The molecule has 0 radical (unpaired) electrons. The van der Waals surface area contributed by atoms with E-state index < -0.39 is 10.2 Å². The topological polar surface area (TPSA) is 118 Å². The first kappa shape index (κ1) is 16.7.